The lowest BCUT2D eigenvalue weighted by Crippen LogP contribution is -2.36. The van der Waals surface area contributed by atoms with Crippen molar-refractivity contribution in [1.29, 1.82) is 0 Å². The Balaban J connectivity index is 0.00000220. The first kappa shape index (κ1) is 21.1. The molecule has 1 aromatic heterocycles. The highest BCUT2D eigenvalue weighted by atomic mass is 35.5. The molecule has 0 saturated heterocycles. The molecule has 0 atom stereocenters. The zero-order chi connectivity index (χ0) is 14.8. The van der Waals surface area contributed by atoms with Crippen LogP contribution in [0.15, 0.2) is 30.3 Å². The molecule has 2 aromatic rings. The molecule has 1 aromatic carbocycles. The van der Waals surface area contributed by atoms with E-state index in [0.717, 1.165) is 24.3 Å². The Morgan fingerprint density at radius 3 is 2.45 bits per heavy atom. The van der Waals surface area contributed by atoms with Crippen molar-refractivity contribution in [2.45, 2.75) is 27.3 Å². The van der Waals surface area contributed by atoms with Crippen molar-refractivity contribution in [2.75, 3.05) is 20.1 Å². The summed E-state index contributed by atoms with van der Waals surface area (Å²) < 4.78 is 0. The Labute approximate surface area is 146 Å². The molecule has 0 unspecified atom stereocenters. The summed E-state index contributed by atoms with van der Waals surface area (Å²) >= 11 is 0. The van der Waals surface area contributed by atoms with Crippen molar-refractivity contribution in [3.05, 3.63) is 41.6 Å². The van der Waals surface area contributed by atoms with E-state index >= 15 is 0 Å². The third-order valence-electron chi connectivity index (χ3n) is 3.62. The number of nitrogens with two attached hydrogens (primary N) is 1. The minimum Gasteiger partial charge on any atom is -0.330 e. The predicted octanol–water partition coefficient (Wildman–Crippen LogP) is 3.80. The van der Waals surface area contributed by atoms with Crippen LogP contribution in [0.1, 0.15) is 25.1 Å². The standard InChI is InChI=1S/C17H25N3.2ClH/c1-13-9-14(10-20(4)12-17(2,3)11-18)15-7-5-6-8-16(15)19-13;;/h5-9H,10-12,18H2,1-4H3;2*1H. The molecule has 5 heteroatoms. The van der Waals surface area contributed by atoms with Crippen molar-refractivity contribution in [1.82, 2.24) is 9.88 Å². The van der Waals surface area contributed by atoms with Crippen LogP contribution in [0.25, 0.3) is 10.9 Å². The van der Waals surface area contributed by atoms with Crippen molar-refractivity contribution in [3.8, 4) is 0 Å². The summed E-state index contributed by atoms with van der Waals surface area (Å²) in [5.41, 5.74) is 9.46. The summed E-state index contributed by atoms with van der Waals surface area (Å²) in [6, 6.07) is 10.5. The van der Waals surface area contributed by atoms with E-state index in [-0.39, 0.29) is 30.2 Å². The van der Waals surface area contributed by atoms with Gasteiger partial charge in [0.1, 0.15) is 0 Å². The van der Waals surface area contributed by atoms with Gasteiger partial charge in [0.2, 0.25) is 0 Å². The quantitative estimate of drug-likeness (QED) is 0.897. The van der Waals surface area contributed by atoms with Gasteiger partial charge in [-0.25, -0.2) is 0 Å². The molecule has 2 N–H and O–H groups in total. The molecule has 0 saturated carbocycles. The first-order valence-corrected chi connectivity index (χ1v) is 7.15. The van der Waals surface area contributed by atoms with Gasteiger partial charge in [-0.1, -0.05) is 32.0 Å². The van der Waals surface area contributed by atoms with E-state index in [1.807, 2.05) is 6.07 Å². The molecule has 0 aliphatic carbocycles. The first-order valence-electron chi connectivity index (χ1n) is 7.15. The Kier molecular flexibility index (Phi) is 8.34. The van der Waals surface area contributed by atoms with Crippen LogP contribution < -0.4 is 5.73 Å². The maximum atomic E-state index is 5.83. The summed E-state index contributed by atoms with van der Waals surface area (Å²) in [5, 5.41) is 1.25. The van der Waals surface area contributed by atoms with Crippen LogP contribution in [0, 0.1) is 12.3 Å². The molecule has 0 spiro atoms. The Bertz CT molecular complexity index is 599. The lowest BCUT2D eigenvalue weighted by Gasteiger charge is -2.29. The molecule has 0 amide bonds. The topological polar surface area (TPSA) is 42.1 Å². The van der Waals surface area contributed by atoms with Gasteiger partial charge in [-0.2, -0.15) is 0 Å². The van der Waals surface area contributed by atoms with Crippen molar-refractivity contribution in [2.24, 2.45) is 11.1 Å². The number of hydrogen-bond donors (Lipinski definition) is 1. The van der Waals surface area contributed by atoms with Gasteiger partial charge in [-0.3, -0.25) is 4.98 Å². The Hall–Kier alpha value is -0.870. The number of rotatable bonds is 5. The van der Waals surface area contributed by atoms with Crippen LogP contribution in [0.3, 0.4) is 0 Å². The number of benzene rings is 1. The number of pyridine rings is 1. The van der Waals surface area contributed by atoms with Crippen molar-refractivity contribution >= 4 is 35.7 Å². The largest absolute Gasteiger partial charge is 0.330 e. The van der Waals surface area contributed by atoms with E-state index in [4.69, 9.17) is 5.73 Å². The number of para-hydroxylation sites is 1. The Morgan fingerprint density at radius 1 is 1.18 bits per heavy atom. The zero-order valence-corrected chi connectivity index (χ0v) is 15.4. The molecule has 3 nitrogen and oxygen atoms in total. The number of aromatic nitrogens is 1. The highest BCUT2D eigenvalue weighted by molar-refractivity contribution is 5.85. The molecular formula is C17H27Cl2N3. The molecular weight excluding hydrogens is 317 g/mol. The van der Waals surface area contributed by atoms with E-state index in [0.29, 0.717) is 6.54 Å². The number of fused-ring (bicyclic) bond motifs is 1. The van der Waals surface area contributed by atoms with Crippen LogP contribution in [-0.2, 0) is 6.54 Å². The second-order valence-electron chi connectivity index (χ2n) is 6.48. The highest BCUT2D eigenvalue weighted by Crippen LogP contribution is 2.21. The second-order valence-corrected chi connectivity index (χ2v) is 6.48. The van der Waals surface area contributed by atoms with Gasteiger partial charge in [0.25, 0.3) is 0 Å². The van der Waals surface area contributed by atoms with E-state index in [2.05, 4.69) is 62.0 Å². The molecule has 0 radical (unpaired) electrons. The number of aryl methyl sites for hydroxylation is 1. The summed E-state index contributed by atoms with van der Waals surface area (Å²) in [7, 11) is 2.15. The third kappa shape index (κ3) is 5.40. The molecule has 0 fully saturated rings. The highest BCUT2D eigenvalue weighted by Gasteiger charge is 2.18. The summed E-state index contributed by atoms with van der Waals surface area (Å²) in [6.07, 6.45) is 0. The van der Waals surface area contributed by atoms with Crippen LogP contribution in [0.4, 0.5) is 0 Å². The fourth-order valence-electron chi connectivity index (χ4n) is 2.67. The summed E-state index contributed by atoms with van der Waals surface area (Å²) in [4.78, 5) is 6.94. The molecule has 1 heterocycles. The second kappa shape index (κ2) is 8.68. The average Bonchev–Trinajstić information content (AvgIpc) is 2.37. The maximum absolute atomic E-state index is 5.83. The molecule has 0 bridgehead atoms. The van der Waals surface area contributed by atoms with Gasteiger partial charge in [0, 0.05) is 24.2 Å². The van der Waals surface area contributed by atoms with Gasteiger partial charge in [-0.15, -0.1) is 24.8 Å². The number of halogens is 2. The van der Waals surface area contributed by atoms with Crippen LogP contribution in [-0.4, -0.2) is 30.0 Å². The summed E-state index contributed by atoms with van der Waals surface area (Å²) in [5.74, 6) is 0. The molecule has 2 rings (SSSR count). The van der Waals surface area contributed by atoms with Gasteiger partial charge in [0.05, 0.1) is 5.52 Å². The zero-order valence-electron chi connectivity index (χ0n) is 13.8. The van der Waals surface area contributed by atoms with Crippen LogP contribution in [0.5, 0.6) is 0 Å². The maximum Gasteiger partial charge on any atom is 0.0708 e. The number of hydrogen-bond acceptors (Lipinski definition) is 3. The molecule has 0 aliphatic heterocycles. The van der Waals surface area contributed by atoms with Gasteiger partial charge in [-0.05, 0) is 43.6 Å². The fraction of sp³-hybridized carbons (Fsp3) is 0.471. The minimum absolute atomic E-state index is 0. The van der Waals surface area contributed by atoms with Crippen molar-refractivity contribution in [3.63, 3.8) is 0 Å². The van der Waals surface area contributed by atoms with Crippen LogP contribution in [0.2, 0.25) is 0 Å². The molecule has 0 aliphatic rings. The van der Waals surface area contributed by atoms with E-state index in [9.17, 15) is 0 Å². The van der Waals surface area contributed by atoms with E-state index in [1.165, 1.54) is 10.9 Å². The minimum atomic E-state index is 0. The lowest BCUT2D eigenvalue weighted by atomic mass is 9.93. The third-order valence-corrected chi connectivity index (χ3v) is 3.62. The fourth-order valence-corrected chi connectivity index (χ4v) is 2.67. The molecule has 124 valence electrons. The van der Waals surface area contributed by atoms with E-state index < -0.39 is 0 Å². The van der Waals surface area contributed by atoms with Crippen LogP contribution >= 0.6 is 24.8 Å². The smallest absolute Gasteiger partial charge is 0.0708 e. The first-order chi connectivity index (χ1) is 9.41. The van der Waals surface area contributed by atoms with Gasteiger partial charge < -0.3 is 10.6 Å². The summed E-state index contributed by atoms with van der Waals surface area (Å²) in [6.45, 7) is 9.08. The lowest BCUT2D eigenvalue weighted by molar-refractivity contribution is 0.210. The monoisotopic (exact) mass is 343 g/mol. The predicted molar refractivity (Wildman–Crippen MR) is 100 cm³/mol. The van der Waals surface area contributed by atoms with Gasteiger partial charge in [0.15, 0.2) is 0 Å². The average molecular weight is 344 g/mol. The SMILES string of the molecule is Cc1cc(CN(C)CC(C)(C)CN)c2ccccc2n1.Cl.Cl. The van der Waals surface area contributed by atoms with Gasteiger partial charge >= 0.3 is 0 Å². The van der Waals surface area contributed by atoms with E-state index in [1.54, 1.807) is 0 Å². The Morgan fingerprint density at radius 2 is 1.82 bits per heavy atom. The normalized spacial score (nSPS) is 11.2. The number of nitrogens with zero attached hydrogens (tertiary/aromatic N) is 2. The van der Waals surface area contributed by atoms with Crippen molar-refractivity contribution < 1.29 is 0 Å². The molecule has 22 heavy (non-hydrogen) atoms.